The maximum absolute atomic E-state index is 11.0. The van der Waals surface area contributed by atoms with Gasteiger partial charge in [-0.15, -0.1) is 0 Å². The van der Waals surface area contributed by atoms with E-state index >= 15 is 0 Å². The number of fused-ring (bicyclic) bond motifs is 1. The summed E-state index contributed by atoms with van der Waals surface area (Å²) in [5, 5.41) is 10.2. The molecular formula is C15H20BrN3O2. The molecule has 0 radical (unpaired) electrons. The first-order chi connectivity index (χ1) is 9.95. The van der Waals surface area contributed by atoms with Crippen LogP contribution in [0, 0.1) is 0 Å². The molecule has 0 saturated heterocycles. The van der Waals surface area contributed by atoms with E-state index in [0.29, 0.717) is 6.54 Å². The van der Waals surface area contributed by atoms with E-state index in [2.05, 4.69) is 31.9 Å². The topological polar surface area (TPSA) is 59.6 Å². The molecule has 2 aromatic rings. The number of carboxylic acids is 1. The van der Waals surface area contributed by atoms with Crippen LogP contribution < -0.4 is 0 Å². The van der Waals surface area contributed by atoms with Gasteiger partial charge in [-0.1, -0.05) is 15.9 Å². The third kappa shape index (κ3) is 4.56. The first kappa shape index (κ1) is 16.0. The molecule has 5 nitrogen and oxygen atoms in total. The largest absolute Gasteiger partial charge is 0.480 e. The van der Waals surface area contributed by atoms with Crippen molar-refractivity contribution in [1.82, 2.24) is 14.8 Å². The maximum atomic E-state index is 11.0. The Bertz CT molecular complexity index is 624. The Morgan fingerprint density at radius 3 is 2.76 bits per heavy atom. The van der Waals surface area contributed by atoms with Crippen molar-refractivity contribution in [3.8, 4) is 0 Å². The van der Waals surface area contributed by atoms with Gasteiger partial charge in [0.2, 0.25) is 0 Å². The van der Waals surface area contributed by atoms with E-state index in [9.17, 15) is 4.79 Å². The van der Waals surface area contributed by atoms with E-state index in [-0.39, 0.29) is 6.54 Å². The minimum absolute atomic E-state index is 0.0501. The summed E-state index contributed by atoms with van der Waals surface area (Å²) < 4.78 is 1.02. The van der Waals surface area contributed by atoms with Gasteiger partial charge < -0.3 is 15.0 Å². The molecule has 1 aromatic heterocycles. The molecule has 6 heteroatoms. The number of halogens is 1. The van der Waals surface area contributed by atoms with Crippen LogP contribution in [-0.4, -0.2) is 59.6 Å². The molecule has 0 fully saturated rings. The quantitative estimate of drug-likeness (QED) is 0.802. The molecule has 1 heterocycles. The first-order valence-electron chi connectivity index (χ1n) is 6.80. The number of nitrogens with zero attached hydrogens (tertiary/aromatic N) is 2. The number of carboxylic acid groups (broad SMARTS) is 1. The fraction of sp³-hybridized carbons (Fsp3) is 0.400. The standard InChI is InChI=1S/C15H20BrN3O2/c1-18(2)5-6-19(10-15(20)21)9-11-8-17-14-4-3-12(16)7-13(11)14/h3-4,7-8,17H,5-6,9-10H2,1-2H3,(H,20,21). The number of H-pyrrole nitrogens is 1. The van der Waals surface area contributed by atoms with Crippen molar-refractivity contribution < 1.29 is 9.90 Å². The average molecular weight is 354 g/mol. The number of hydrogen-bond donors (Lipinski definition) is 2. The molecule has 1 aromatic carbocycles. The monoisotopic (exact) mass is 353 g/mol. The zero-order valence-corrected chi connectivity index (χ0v) is 13.9. The highest BCUT2D eigenvalue weighted by Crippen LogP contribution is 2.23. The second kappa shape index (κ2) is 7.06. The highest BCUT2D eigenvalue weighted by molar-refractivity contribution is 9.10. The second-order valence-corrected chi connectivity index (χ2v) is 6.33. The molecule has 114 valence electrons. The molecule has 0 atom stereocenters. The molecule has 0 aliphatic rings. The Balaban J connectivity index is 2.16. The van der Waals surface area contributed by atoms with Crippen molar-refractivity contribution in [2.24, 2.45) is 0 Å². The van der Waals surface area contributed by atoms with E-state index in [4.69, 9.17) is 5.11 Å². The molecule has 0 aliphatic carbocycles. The van der Waals surface area contributed by atoms with Crippen molar-refractivity contribution >= 4 is 32.8 Å². The number of rotatable bonds is 7. The molecule has 0 aliphatic heterocycles. The number of carbonyl (C=O) groups is 1. The van der Waals surface area contributed by atoms with E-state index in [1.807, 2.05) is 37.3 Å². The van der Waals surface area contributed by atoms with Gasteiger partial charge in [-0.2, -0.15) is 0 Å². The summed E-state index contributed by atoms with van der Waals surface area (Å²) in [4.78, 5) is 18.3. The minimum Gasteiger partial charge on any atom is -0.480 e. The summed E-state index contributed by atoms with van der Waals surface area (Å²) in [7, 11) is 3.98. The zero-order chi connectivity index (χ0) is 15.4. The highest BCUT2D eigenvalue weighted by Gasteiger charge is 2.13. The summed E-state index contributed by atoms with van der Waals surface area (Å²) in [5.74, 6) is -0.797. The van der Waals surface area contributed by atoms with Gasteiger partial charge in [0.15, 0.2) is 0 Å². The SMILES string of the molecule is CN(C)CCN(CC(=O)O)Cc1c[nH]c2ccc(Br)cc12. The number of aromatic nitrogens is 1. The number of likely N-dealkylation sites (N-methyl/N-ethyl adjacent to an activating group) is 1. The molecule has 0 unspecified atom stereocenters. The molecule has 0 bridgehead atoms. The molecule has 0 saturated carbocycles. The lowest BCUT2D eigenvalue weighted by molar-refractivity contribution is -0.138. The van der Waals surface area contributed by atoms with Crippen LogP contribution in [0.1, 0.15) is 5.56 Å². The van der Waals surface area contributed by atoms with Crippen LogP contribution >= 0.6 is 15.9 Å². The van der Waals surface area contributed by atoms with Crippen LogP contribution in [0.4, 0.5) is 0 Å². The van der Waals surface area contributed by atoms with Gasteiger partial charge in [0.25, 0.3) is 0 Å². The Hall–Kier alpha value is -1.37. The van der Waals surface area contributed by atoms with Gasteiger partial charge in [0, 0.05) is 41.2 Å². The van der Waals surface area contributed by atoms with Gasteiger partial charge >= 0.3 is 5.97 Å². The van der Waals surface area contributed by atoms with E-state index in [1.54, 1.807) is 0 Å². The van der Waals surface area contributed by atoms with Gasteiger partial charge in [-0.05, 0) is 37.9 Å². The summed E-state index contributed by atoms with van der Waals surface area (Å²) >= 11 is 3.48. The molecule has 2 N–H and O–H groups in total. The van der Waals surface area contributed by atoms with Crippen molar-refractivity contribution in [3.63, 3.8) is 0 Å². The van der Waals surface area contributed by atoms with Crippen molar-refractivity contribution in [2.75, 3.05) is 33.7 Å². The predicted molar refractivity (Wildman–Crippen MR) is 87.5 cm³/mol. The van der Waals surface area contributed by atoms with Crippen LogP contribution in [-0.2, 0) is 11.3 Å². The van der Waals surface area contributed by atoms with Gasteiger partial charge in [0.05, 0.1) is 6.54 Å². The van der Waals surface area contributed by atoms with Crippen LogP contribution in [0.3, 0.4) is 0 Å². The number of aromatic amines is 1. The molecule has 0 amide bonds. The number of aliphatic carboxylic acids is 1. The Morgan fingerprint density at radius 2 is 2.10 bits per heavy atom. The lowest BCUT2D eigenvalue weighted by Gasteiger charge is -2.22. The van der Waals surface area contributed by atoms with E-state index in [0.717, 1.165) is 34.0 Å². The molecule has 2 rings (SSSR count). The van der Waals surface area contributed by atoms with Crippen LogP contribution in [0.5, 0.6) is 0 Å². The maximum Gasteiger partial charge on any atom is 0.317 e. The molecule has 0 spiro atoms. The third-order valence-corrected chi connectivity index (χ3v) is 3.84. The minimum atomic E-state index is -0.797. The lowest BCUT2D eigenvalue weighted by atomic mass is 10.1. The van der Waals surface area contributed by atoms with Crippen LogP contribution in [0.2, 0.25) is 0 Å². The lowest BCUT2D eigenvalue weighted by Crippen LogP contribution is -2.35. The fourth-order valence-corrected chi connectivity index (χ4v) is 2.63. The van der Waals surface area contributed by atoms with Crippen LogP contribution in [0.15, 0.2) is 28.9 Å². The number of benzene rings is 1. The molecular weight excluding hydrogens is 334 g/mol. The summed E-state index contributed by atoms with van der Waals surface area (Å²) in [6, 6.07) is 6.07. The fourth-order valence-electron chi connectivity index (χ4n) is 2.27. The Labute approximate surface area is 132 Å². The summed E-state index contributed by atoms with van der Waals surface area (Å²) in [6.07, 6.45) is 1.96. The van der Waals surface area contributed by atoms with Crippen molar-refractivity contribution in [3.05, 3.63) is 34.4 Å². The van der Waals surface area contributed by atoms with E-state index in [1.165, 1.54) is 0 Å². The number of hydrogen-bond acceptors (Lipinski definition) is 3. The normalized spacial score (nSPS) is 11.7. The molecule has 21 heavy (non-hydrogen) atoms. The second-order valence-electron chi connectivity index (χ2n) is 5.41. The van der Waals surface area contributed by atoms with Gasteiger partial charge in [-0.3, -0.25) is 9.69 Å². The average Bonchev–Trinajstić information content (AvgIpc) is 2.78. The third-order valence-electron chi connectivity index (χ3n) is 3.35. The Kier molecular flexibility index (Phi) is 5.39. The van der Waals surface area contributed by atoms with Gasteiger partial charge in [0.1, 0.15) is 0 Å². The van der Waals surface area contributed by atoms with E-state index < -0.39 is 5.97 Å². The predicted octanol–water partition coefficient (Wildman–Crippen LogP) is 2.38. The van der Waals surface area contributed by atoms with Gasteiger partial charge in [-0.25, -0.2) is 0 Å². The smallest absolute Gasteiger partial charge is 0.317 e. The zero-order valence-electron chi connectivity index (χ0n) is 12.3. The Morgan fingerprint density at radius 1 is 1.33 bits per heavy atom. The highest BCUT2D eigenvalue weighted by atomic mass is 79.9. The van der Waals surface area contributed by atoms with Crippen LogP contribution in [0.25, 0.3) is 10.9 Å². The van der Waals surface area contributed by atoms with Crippen molar-refractivity contribution in [2.45, 2.75) is 6.54 Å². The first-order valence-corrected chi connectivity index (χ1v) is 7.59. The number of nitrogens with one attached hydrogen (secondary N) is 1. The summed E-state index contributed by atoms with van der Waals surface area (Å²) in [5.41, 5.74) is 2.18. The summed E-state index contributed by atoms with van der Waals surface area (Å²) in [6.45, 7) is 2.23. The van der Waals surface area contributed by atoms with Crippen molar-refractivity contribution in [1.29, 1.82) is 0 Å².